The SMILES string of the molecule is COc1cc(C(=O)N/N=C/c2ccccc2OCc2ccccc2)ccc1OC(C)C. The highest BCUT2D eigenvalue weighted by molar-refractivity contribution is 5.95. The molecule has 0 unspecified atom stereocenters. The zero-order valence-corrected chi connectivity index (χ0v) is 17.9. The summed E-state index contributed by atoms with van der Waals surface area (Å²) in [7, 11) is 1.54. The number of rotatable bonds is 9. The van der Waals surface area contributed by atoms with Crippen molar-refractivity contribution in [2.45, 2.75) is 26.6 Å². The summed E-state index contributed by atoms with van der Waals surface area (Å²) in [6.45, 7) is 4.30. The van der Waals surface area contributed by atoms with Gasteiger partial charge >= 0.3 is 0 Å². The van der Waals surface area contributed by atoms with Gasteiger partial charge in [0, 0.05) is 11.1 Å². The summed E-state index contributed by atoms with van der Waals surface area (Å²) in [5.41, 5.74) is 4.79. The van der Waals surface area contributed by atoms with Crippen molar-refractivity contribution >= 4 is 12.1 Å². The molecule has 0 aliphatic rings. The number of hydrazone groups is 1. The Morgan fingerprint density at radius 1 is 0.968 bits per heavy atom. The number of nitrogens with zero attached hydrogens (tertiary/aromatic N) is 1. The average molecular weight is 418 g/mol. The van der Waals surface area contributed by atoms with Crippen LogP contribution in [0.15, 0.2) is 77.9 Å². The van der Waals surface area contributed by atoms with Crippen molar-refractivity contribution in [3.63, 3.8) is 0 Å². The number of hydrogen-bond donors (Lipinski definition) is 1. The average Bonchev–Trinajstić information content (AvgIpc) is 2.79. The highest BCUT2D eigenvalue weighted by atomic mass is 16.5. The minimum Gasteiger partial charge on any atom is -0.493 e. The lowest BCUT2D eigenvalue weighted by Crippen LogP contribution is -2.18. The molecule has 1 N–H and O–H groups in total. The molecule has 0 saturated heterocycles. The van der Waals surface area contributed by atoms with E-state index in [1.807, 2.05) is 68.4 Å². The minimum atomic E-state index is -0.353. The molecule has 6 nitrogen and oxygen atoms in total. The standard InChI is InChI=1S/C25H26N2O4/c1-18(2)31-23-14-13-20(15-24(23)29-3)25(28)27-26-16-21-11-7-8-12-22(21)30-17-19-9-5-4-6-10-19/h4-16,18H,17H2,1-3H3,(H,27,28)/b26-16+. The molecule has 0 saturated carbocycles. The van der Waals surface area contributed by atoms with Crippen LogP contribution in [0.2, 0.25) is 0 Å². The number of amides is 1. The van der Waals surface area contributed by atoms with Gasteiger partial charge in [0.1, 0.15) is 12.4 Å². The highest BCUT2D eigenvalue weighted by Gasteiger charge is 2.12. The largest absolute Gasteiger partial charge is 0.493 e. The van der Waals surface area contributed by atoms with Crippen LogP contribution in [0, 0.1) is 0 Å². The normalized spacial score (nSPS) is 10.8. The van der Waals surface area contributed by atoms with Gasteiger partial charge < -0.3 is 14.2 Å². The lowest BCUT2D eigenvalue weighted by atomic mass is 10.2. The Kier molecular flexibility index (Phi) is 7.65. The number of carbonyl (C=O) groups excluding carboxylic acids is 1. The lowest BCUT2D eigenvalue weighted by molar-refractivity contribution is 0.0954. The van der Waals surface area contributed by atoms with Gasteiger partial charge in [0.15, 0.2) is 11.5 Å². The Morgan fingerprint density at radius 2 is 1.71 bits per heavy atom. The first kappa shape index (κ1) is 21.9. The predicted octanol–water partition coefficient (Wildman–Crippen LogP) is 4.83. The molecule has 3 aromatic rings. The Balaban J connectivity index is 1.64. The van der Waals surface area contributed by atoms with E-state index in [1.54, 1.807) is 24.4 Å². The first-order valence-corrected chi connectivity index (χ1v) is 10.0. The summed E-state index contributed by atoms with van der Waals surface area (Å²) in [6, 6.07) is 22.4. The monoisotopic (exact) mass is 418 g/mol. The maximum absolute atomic E-state index is 12.5. The molecule has 160 valence electrons. The molecule has 0 fully saturated rings. The fourth-order valence-corrected chi connectivity index (χ4v) is 2.84. The molecule has 0 atom stereocenters. The number of ether oxygens (including phenoxy) is 3. The predicted molar refractivity (Wildman–Crippen MR) is 121 cm³/mol. The summed E-state index contributed by atoms with van der Waals surface area (Å²) in [5.74, 6) is 1.40. The molecule has 0 aliphatic carbocycles. The van der Waals surface area contributed by atoms with Crippen LogP contribution in [0.25, 0.3) is 0 Å². The summed E-state index contributed by atoms with van der Waals surface area (Å²) in [5, 5.41) is 4.08. The molecular weight excluding hydrogens is 392 g/mol. The summed E-state index contributed by atoms with van der Waals surface area (Å²) in [4.78, 5) is 12.5. The van der Waals surface area contributed by atoms with Crippen molar-refractivity contribution in [3.8, 4) is 17.2 Å². The van der Waals surface area contributed by atoms with E-state index in [0.29, 0.717) is 29.4 Å². The molecule has 3 rings (SSSR count). The molecule has 0 aromatic heterocycles. The molecule has 3 aromatic carbocycles. The van der Waals surface area contributed by atoms with Crippen LogP contribution in [0.3, 0.4) is 0 Å². The molecule has 0 aliphatic heterocycles. The van der Waals surface area contributed by atoms with Gasteiger partial charge in [0.05, 0.1) is 19.4 Å². The van der Waals surface area contributed by atoms with Gasteiger partial charge in [-0.05, 0) is 49.7 Å². The van der Waals surface area contributed by atoms with Crippen LogP contribution in [-0.4, -0.2) is 25.3 Å². The smallest absolute Gasteiger partial charge is 0.271 e. The van der Waals surface area contributed by atoms with E-state index in [1.165, 1.54) is 7.11 Å². The molecular formula is C25H26N2O4. The highest BCUT2D eigenvalue weighted by Crippen LogP contribution is 2.29. The lowest BCUT2D eigenvalue weighted by Gasteiger charge is -2.14. The van der Waals surface area contributed by atoms with E-state index < -0.39 is 0 Å². The van der Waals surface area contributed by atoms with Gasteiger partial charge in [-0.25, -0.2) is 5.43 Å². The van der Waals surface area contributed by atoms with Crippen LogP contribution in [0.4, 0.5) is 0 Å². The van der Waals surface area contributed by atoms with E-state index in [9.17, 15) is 4.79 Å². The zero-order valence-electron chi connectivity index (χ0n) is 17.9. The maximum atomic E-state index is 12.5. The Morgan fingerprint density at radius 3 is 2.45 bits per heavy atom. The topological polar surface area (TPSA) is 69.2 Å². The van der Waals surface area contributed by atoms with Gasteiger partial charge in [-0.2, -0.15) is 5.10 Å². The Hall–Kier alpha value is -3.80. The number of para-hydroxylation sites is 1. The fourth-order valence-electron chi connectivity index (χ4n) is 2.84. The van der Waals surface area contributed by atoms with E-state index in [4.69, 9.17) is 14.2 Å². The summed E-state index contributed by atoms with van der Waals surface area (Å²) < 4.78 is 16.9. The number of benzene rings is 3. The van der Waals surface area contributed by atoms with Gasteiger partial charge in [-0.1, -0.05) is 42.5 Å². The Bertz CT molecular complexity index is 1030. The molecule has 1 amide bonds. The second-order valence-corrected chi connectivity index (χ2v) is 7.04. The van der Waals surface area contributed by atoms with Gasteiger partial charge in [0.25, 0.3) is 5.91 Å². The quantitative estimate of drug-likeness (QED) is 0.399. The minimum absolute atomic E-state index is 0.00218. The maximum Gasteiger partial charge on any atom is 0.271 e. The number of carbonyl (C=O) groups is 1. The fraction of sp³-hybridized carbons (Fsp3) is 0.200. The number of hydrogen-bond acceptors (Lipinski definition) is 5. The third-order valence-corrected chi connectivity index (χ3v) is 4.31. The van der Waals surface area contributed by atoms with Crippen LogP contribution >= 0.6 is 0 Å². The van der Waals surface area contributed by atoms with Gasteiger partial charge in [-0.3, -0.25) is 4.79 Å². The first-order valence-electron chi connectivity index (χ1n) is 10.0. The van der Waals surface area contributed by atoms with Crippen molar-refractivity contribution in [2.75, 3.05) is 7.11 Å². The van der Waals surface area contributed by atoms with E-state index in [0.717, 1.165) is 11.1 Å². The molecule has 6 heteroatoms. The second kappa shape index (κ2) is 10.8. The Labute approximate surface area is 182 Å². The van der Waals surface area contributed by atoms with Gasteiger partial charge in [0.2, 0.25) is 0 Å². The molecule has 31 heavy (non-hydrogen) atoms. The van der Waals surface area contributed by atoms with E-state index in [2.05, 4.69) is 10.5 Å². The van der Waals surface area contributed by atoms with Crippen LogP contribution < -0.4 is 19.6 Å². The van der Waals surface area contributed by atoms with Crippen molar-refractivity contribution < 1.29 is 19.0 Å². The number of nitrogens with one attached hydrogen (secondary N) is 1. The molecule has 0 radical (unpaired) electrons. The van der Waals surface area contributed by atoms with Crippen molar-refractivity contribution in [2.24, 2.45) is 5.10 Å². The van der Waals surface area contributed by atoms with Crippen LogP contribution in [0.1, 0.15) is 35.3 Å². The van der Waals surface area contributed by atoms with Crippen molar-refractivity contribution in [3.05, 3.63) is 89.5 Å². The zero-order chi connectivity index (χ0) is 22.1. The van der Waals surface area contributed by atoms with Crippen molar-refractivity contribution in [1.29, 1.82) is 0 Å². The third-order valence-electron chi connectivity index (χ3n) is 4.31. The van der Waals surface area contributed by atoms with E-state index in [-0.39, 0.29) is 12.0 Å². The molecule has 0 spiro atoms. The molecule has 0 bridgehead atoms. The second-order valence-electron chi connectivity index (χ2n) is 7.04. The third kappa shape index (κ3) is 6.34. The molecule has 0 heterocycles. The summed E-state index contributed by atoms with van der Waals surface area (Å²) in [6.07, 6.45) is 1.56. The van der Waals surface area contributed by atoms with Crippen LogP contribution in [0.5, 0.6) is 17.2 Å². The first-order chi connectivity index (χ1) is 15.1. The van der Waals surface area contributed by atoms with Crippen molar-refractivity contribution in [1.82, 2.24) is 5.43 Å². The van der Waals surface area contributed by atoms with Gasteiger partial charge in [-0.15, -0.1) is 0 Å². The van der Waals surface area contributed by atoms with Crippen LogP contribution in [-0.2, 0) is 6.61 Å². The number of methoxy groups -OCH3 is 1. The van der Waals surface area contributed by atoms with E-state index >= 15 is 0 Å². The summed E-state index contributed by atoms with van der Waals surface area (Å²) >= 11 is 0.